The van der Waals surface area contributed by atoms with E-state index < -0.39 is 0 Å². The number of nitrogens with one attached hydrogen (secondary N) is 1. The van der Waals surface area contributed by atoms with E-state index >= 15 is 0 Å². The molecular weight excluding hydrogens is 357 g/mol. The Labute approximate surface area is 164 Å². The van der Waals surface area contributed by atoms with Crippen LogP contribution in [0.25, 0.3) is 10.9 Å². The number of benzene rings is 1. The number of likely N-dealkylation sites (tertiary alicyclic amines) is 1. The number of likely N-dealkylation sites (N-methyl/N-ethyl adjacent to an activating group) is 1. The highest BCUT2D eigenvalue weighted by Crippen LogP contribution is 2.43. The molecule has 4 rings (SSSR count). The van der Waals surface area contributed by atoms with Gasteiger partial charge >= 0.3 is 0 Å². The molecule has 2 aliphatic rings. The van der Waals surface area contributed by atoms with Crippen molar-refractivity contribution in [2.24, 2.45) is 0 Å². The van der Waals surface area contributed by atoms with Crippen LogP contribution in [0.15, 0.2) is 24.3 Å². The second-order valence-corrected chi connectivity index (χ2v) is 8.28. The molecule has 1 N–H and O–H groups in total. The molecule has 2 amide bonds. The number of carbonyl (C=O) groups is 2. The lowest BCUT2D eigenvalue weighted by Gasteiger charge is -2.41. The number of carbonyl (C=O) groups excluding carboxylic acids is 2. The van der Waals surface area contributed by atoms with Crippen LogP contribution in [0.5, 0.6) is 0 Å². The first-order chi connectivity index (χ1) is 13.4. The van der Waals surface area contributed by atoms with Crippen LogP contribution >= 0.6 is 0 Å². The molecule has 1 atom stereocenters. The number of rotatable bonds is 3. The molecular formula is C22H28FN3O2. The highest BCUT2D eigenvalue weighted by Gasteiger charge is 2.50. The molecule has 0 bridgehead atoms. The van der Waals surface area contributed by atoms with Gasteiger partial charge in [0.2, 0.25) is 5.91 Å². The molecule has 5 nitrogen and oxygen atoms in total. The van der Waals surface area contributed by atoms with Gasteiger partial charge in [0, 0.05) is 36.5 Å². The minimum absolute atomic E-state index is 0.0411. The van der Waals surface area contributed by atoms with E-state index in [1.807, 2.05) is 16.7 Å². The van der Waals surface area contributed by atoms with Crippen LogP contribution in [0.4, 0.5) is 4.39 Å². The van der Waals surface area contributed by atoms with Crippen molar-refractivity contribution in [2.45, 2.75) is 64.0 Å². The van der Waals surface area contributed by atoms with Gasteiger partial charge in [-0.3, -0.25) is 9.59 Å². The van der Waals surface area contributed by atoms with Gasteiger partial charge in [0.1, 0.15) is 11.5 Å². The second-order valence-electron chi connectivity index (χ2n) is 8.28. The molecule has 28 heavy (non-hydrogen) atoms. The van der Waals surface area contributed by atoms with Gasteiger partial charge in [-0.1, -0.05) is 19.3 Å². The van der Waals surface area contributed by atoms with Crippen molar-refractivity contribution in [1.82, 2.24) is 14.8 Å². The van der Waals surface area contributed by atoms with Crippen molar-refractivity contribution < 1.29 is 14.0 Å². The maximum Gasteiger partial charge on any atom is 0.270 e. The van der Waals surface area contributed by atoms with Gasteiger partial charge < -0.3 is 14.8 Å². The lowest BCUT2D eigenvalue weighted by molar-refractivity contribution is -0.130. The SMILES string of the molecule is CCN(C(C)=O)[C@@H]1CN(C(=O)c2cc3cc(F)ccc3[nH]2)C2(CCCCC2)C1. The first kappa shape index (κ1) is 19.0. The number of hydrogen-bond acceptors (Lipinski definition) is 2. The predicted molar refractivity (Wildman–Crippen MR) is 107 cm³/mol. The van der Waals surface area contributed by atoms with E-state index in [1.165, 1.54) is 18.6 Å². The Morgan fingerprint density at radius 1 is 1.25 bits per heavy atom. The normalized spacial score (nSPS) is 21.4. The number of aromatic nitrogens is 1. The fraction of sp³-hybridized carbons (Fsp3) is 0.545. The van der Waals surface area contributed by atoms with Gasteiger partial charge in [0.05, 0.1) is 6.04 Å². The summed E-state index contributed by atoms with van der Waals surface area (Å²) < 4.78 is 13.5. The van der Waals surface area contributed by atoms with Crippen molar-refractivity contribution >= 4 is 22.7 Å². The molecule has 2 heterocycles. The molecule has 1 saturated heterocycles. The Morgan fingerprint density at radius 3 is 2.68 bits per heavy atom. The third kappa shape index (κ3) is 3.19. The number of fused-ring (bicyclic) bond motifs is 1. The molecule has 2 aromatic rings. The lowest BCUT2D eigenvalue weighted by atomic mass is 9.79. The molecule has 1 spiro atoms. The van der Waals surface area contributed by atoms with E-state index in [0.29, 0.717) is 24.2 Å². The highest BCUT2D eigenvalue weighted by atomic mass is 19.1. The Morgan fingerprint density at radius 2 is 2.00 bits per heavy atom. The fourth-order valence-corrected chi connectivity index (χ4v) is 5.31. The summed E-state index contributed by atoms with van der Waals surface area (Å²) >= 11 is 0. The second kappa shape index (κ2) is 7.22. The number of aromatic amines is 1. The minimum Gasteiger partial charge on any atom is -0.351 e. The Kier molecular flexibility index (Phi) is 4.89. The molecule has 1 aliphatic heterocycles. The topological polar surface area (TPSA) is 56.4 Å². The van der Waals surface area contributed by atoms with Gasteiger partial charge in [-0.2, -0.15) is 0 Å². The van der Waals surface area contributed by atoms with Gasteiger partial charge in [-0.25, -0.2) is 4.39 Å². The van der Waals surface area contributed by atoms with Gasteiger partial charge in [0.25, 0.3) is 5.91 Å². The summed E-state index contributed by atoms with van der Waals surface area (Å²) in [6.45, 7) is 4.82. The quantitative estimate of drug-likeness (QED) is 0.865. The first-order valence-electron chi connectivity index (χ1n) is 10.3. The smallest absolute Gasteiger partial charge is 0.270 e. The lowest BCUT2D eigenvalue weighted by Crippen LogP contribution is -2.48. The Bertz CT molecular complexity index is 900. The molecule has 1 saturated carbocycles. The minimum atomic E-state index is -0.310. The van der Waals surface area contributed by atoms with E-state index in [9.17, 15) is 14.0 Å². The molecule has 0 radical (unpaired) electrons. The van der Waals surface area contributed by atoms with Crippen molar-refractivity contribution in [3.63, 3.8) is 0 Å². The van der Waals surface area contributed by atoms with Crippen LogP contribution in [-0.4, -0.2) is 51.3 Å². The van der Waals surface area contributed by atoms with E-state index in [0.717, 1.165) is 37.6 Å². The largest absolute Gasteiger partial charge is 0.351 e. The summed E-state index contributed by atoms with van der Waals surface area (Å²) in [4.78, 5) is 32.7. The van der Waals surface area contributed by atoms with Crippen LogP contribution < -0.4 is 0 Å². The zero-order valence-electron chi connectivity index (χ0n) is 16.6. The molecule has 1 aromatic heterocycles. The number of halogens is 1. The summed E-state index contributed by atoms with van der Waals surface area (Å²) in [7, 11) is 0. The highest BCUT2D eigenvalue weighted by molar-refractivity contribution is 5.98. The van der Waals surface area contributed by atoms with Gasteiger partial charge in [-0.15, -0.1) is 0 Å². The van der Waals surface area contributed by atoms with E-state index in [1.54, 1.807) is 19.1 Å². The standard InChI is InChI=1S/C22H28FN3O2/c1-3-25(15(2)27)18-13-22(9-5-4-6-10-22)26(14-18)21(28)20-12-16-11-17(23)7-8-19(16)24-20/h7-8,11-12,18,24H,3-6,9-10,13-14H2,1-2H3/t18-/m0/s1. The summed E-state index contributed by atoms with van der Waals surface area (Å²) in [5.74, 6) is -0.287. The Hall–Kier alpha value is -2.37. The zero-order valence-corrected chi connectivity index (χ0v) is 16.6. The molecule has 0 unspecified atom stereocenters. The van der Waals surface area contributed by atoms with Crippen LogP contribution in [0.1, 0.15) is 62.9 Å². The van der Waals surface area contributed by atoms with Crippen LogP contribution in [0, 0.1) is 5.82 Å². The third-order valence-corrected chi connectivity index (χ3v) is 6.61. The van der Waals surface area contributed by atoms with Gasteiger partial charge in [0.15, 0.2) is 0 Å². The van der Waals surface area contributed by atoms with Crippen molar-refractivity contribution in [1.29, 1.82) is 0 Å². The van der Waals surface area contributed by atoms with E-state index in [-0.39, 0.29) is 29.2 Å². The average molecular weight is 385 g/mol. The zero-order chi connectivity index (χ0) is 19.9. The van der Waals surface area contributed by atoms with Crippen LogP contribution in [0.2, 0.25) is 0 Å². The summed E-state index contributed by atoms with van der Waals surface area (Å²) in [6.07, 6.45) is 6.24. The summed E-state index contributed by atoms with van der Waals surface area (Å²) in [5, 5.41) is 0.704. The van der Waals surface area contributed by atoms with E-state index in [4.69, 9.17) is 0 Å². The first-order valence-corrected chi connectivity index (χ1v) is 10.3. The van der Waals surface area contributed by atoms with Crippen LogP contribution in [0.3, 0.4) is 0 Å². The number of H-pyrrole nitrogens is 1. The van der Waals surface area contributed by atoms with Crippen LogP contribution in [-0.2, 0) is 4.79 Å². The van der Waals surface area contributed by atoms with E-state index in [2.05, 4.69) is 4.98 Å². The monoisotopic (exact) mass is 385 g/mol. The maximum atomic E-state index is 13.5. The Balaban J connectivity index is 1.67. The number of amides is 2. The number of nitrogens with zero attached hydrogens (tertiary/aromatic N) is 2. The maximum absolute atomic E-state index is 13.5. The molecule has 2 fully saturated rings. The third-order valence-electron chi connectivity index (χ3n) is 6.61. The molecule has 1 aromatic carbocycles. The molecule has 6 heteroatoms. The van der Waals surface area contributed by atoms with Crippen molar-refractivity contribution in [3.05, 3.63) is 35.8 Å². The fourth-order valence-electron chi connectivity index (χ4n) is 5.31. The van der Waals surface area contributed by atoms with Crippen molar-refractivity contribution in [2.75, 3.05) is 13.1 Å². The van der Waals surface area contributed by atoms with Crippen molar-refractivity contribution in [3.8, 4) is 0 Å². The van der Waals surface area contributed by atoms with Gasteiger partial charge in [-0.05, 0) is 50.5 Å². The summed E-state index contributed by atoms with van der Waals surface area (Å²) in [5.41, 5.74) is 1.08. The predicted octanol–water partition coefficient (Wildman–Crippen LogP) is 4.09. The molecule has 150 valence electrons. The molecule has 1 aliphatic carbocycles. The summed E-state index contributed by atoms with van der Waals surface area (Å²) in [6, 6.07) is 6.31. The average Bonchev–Trinajstić information content (AvgIpc) is 3.24. The number of hydrogen-bond donors (Lipinski definition) is 1.